The van der Waals surface area contributed by atoms with Gasteiger partial charge in [-0.3, -0.25) is 9.36 Å². The lowest BCUT2D eigenvalue weighted by atomic mass is 10.1. The van der Waals surface area contributed by atoms with Gasteiger partial charge in [0.15, 0.2) is 10.9 Å². The highest BCUT2D eigenvalue weighted by Gasteiger charge is 2.38. The van der Waals surface area contributed by atoms with Gasteiger partial charge in [-0.2, -0.15) is 0 Å². The second-order valence-corrected chi connectivity index (χ2v) is 10.9. The molecule has 7 nitrogen and oxygen atoms in total. The van der Waals surface area contributed by atoms with E-state index in [1.165, 1.54) is 12.1 Å². The highest BCUT2D eigenvalue weighted by molar-refractivity contribution is 7.80. The first kappa shape index (κ1) is 29.5. The predicted molar refractivity (Wildman–Crippen MR) is 151 cm³/mol. The molecule has 0 spiro atoms. The Morgan fingerprint density at radius 3 is 2.03 bits per heavy atom. The number of hydrogen-bond acceptors (Lipinski definition) is 5. The van der Waals surface area contributed by atoms with Crippen molar-refractivity contribution >= 4 is 30.8 Å². The van der Waals surface area contributed by atoms with Gasteiger partial charge in [-0.1, -0.05) is 72.8 Å². The van der Waals surface area contributed by atoms with Gasteiger partial charge in [0.05, 0.1) is 13.2 Å². The Labute approximate surface area is 228 Å². The van der Waals surface area contributed by atoms with Crippen molar-refractivity contribution in [2.45, 2.75) is 38.6 Å². The molecule has 38 heavy (non-hydrogen) atoms. The number of hydrogen-bond donors (Lipinski definition) is 3. The van der Waals surface area contributed by atoms with Crippen LogP contribution in [0.4, 0.5) is 4.39 Å². The van der Waals surface area contributed by atoms with Crippen LogP contribution in [0.2, 0.25) is 0 Å². The lowest BCUT2D eigenvalue weighted by Gasteiger charge is -2.29. The Bertz CT molecular complexity index is 1210. The van der Waals surface area contributed by atoms with Gasteiger partial charge in [0.1, 0.15) is 11.9 Å². The molecule has 3 aromatic rings. The Balaban J connectivity index is 1.79. The largest absolute Gasteiger partial charge is 0.357 e. The molecule has 0 heterocycles. The molecular weight excluding hydrogens is 524 g/mol. The minimum absolute atomic E-state index is 0.122. The van der Waals surface area contributed by atoms with Crippen LogP contribution in [-0.4, -0.2) is 30.3 Å². The molecule has 1 unspecified atom stereocenters. The normalized spacial score (nSPS) is 12.8. The third-order valence-corrected chi connectivity index (χ3v) is 8.13. The van der Waals surface area contributed by atoms with Crippen LogP contribution >= 0.6 is 19.8 Å². The number of nitrogens with one attached hydrogen (secondary N) is 3. The molecule has 202 valence electrons. The van der Waals surface area contributed by atoms with Crippen molar-refractivity contribution in [2.75, 3.05) is 13.2 Å². The van der Waals surface area contributed by atoms with Crippen LogP contribution in [0.3, 0.4) is 0 Å². The summed E-state index contributed by atoms with van der Waals surface area (Å²) < 4.78 is 38.2. The molecule has 1 amide bonds. The third kappa shape index (κ3) is 8.74. The maximum Gasteiger partial charge on any atom is 0.357 e. The van der Waals surface area contributed by atoms with Gasteiger partial charge in [0, 0.05) is 13.0 Å². The molecule has 0 aliphatic heterocycles. The first-order valence-electron chi connectivity index (χ1n) is 12.4. The van der Waals surface area contributed by atoms with Gasteiger partial charge in [-0.05, 0) is 54.9 Å². The minimum Gasteiger partial charge on any atom is -0.351 e. The molecule has 0 bridgehead atoms. The highest BCUT2D eigenvalue weighted by atomic mass is 32.1. The Hall–Kier alpha value is -3.10. The lowest BCUT2D eigenvalue weighted by molar-refractivity contribution is -0.122. The maximum absolute atomic E-state index is 13.7. The summed E-state index contributed by atoms with van der Waals surface area (Å²) in [7, 11) is -3.67. The van der Waals surface area contributed by atoms with Gasteiger partial charge in [0.25, 0.3) is 0 Å². The number of carbonyl (C=O) groups excluding carboxylic acids is 1. The molecule has 0 radical (unpaired) electrons. The number of thiocarbonyl (C=S) groups is 1. The van der Waals surface area contributed by atoms with E-state index in [-0.39, 0.29) is 36.6 Å². The molecular formula is C28H33FN3O4PS. The van der Waals surface area contributed by atoms with E-state index in [9.17, 15) is 13.8 Å². The zero-order valence-electron chi connectivity index (χ0n) is 21.4. The van der Waals surface area contributed by atoms with Crippen molar-refractivity contribution in [1.29, 1.82) is 0 Å². The number of amides is 1. The lowest BCUT2D eigenvalue weighted by Crippen LogP contribution is -2.51. The number of benzene rings is 3. The molecule has 2 atom stereocenters. The molecule has 3 aromatic carbocycles. The van der Waals surface area contributed by atoms with E-state index in [4.69, 9.17) is 21.3 Å². The molecule has 0 saturated carbocycles. The summed E-state index contributed by atoms with van der Waals surface area (Å²) in [5.41, 5.74) is 2.36. The van der Waals surface area contributed by atoms with E-state index in [1.54, 1.807) is 26.0 Å². The van der Waals surface area contributed by atoms with E-state index in [1.807, 2.05) is 60.7 Å². The quantitative estimate of drug-likeness (QED) is 0.189. The molecule has 3 rings (SSSR count). The SMILES string of the molecule is CCOP(=O)(OCC)C(NC(=S)N[C@H](Cc1ccccc1)C(=O)NCc1ccc(F)cc1)c1ccccc1. The molecule has 0 saturated heterocycles. The Kier molecular flexibility index (Phi) is 11.4. The second-order valence-electron chi connectivity index (χ2n) is 8.39. The summed E-state index contributed by atoms with van der Waals surface area (Å²) in [5, 5.41) is 9.17. The fraction of sp³-hybridized carbons (Fsp3) is 0.286. The van der Waals surface area contributed by atoms with E-state index in [0.29, 0.717) is 12.0 Å². The second kappa shape index (κ2) is 14.7. The van der Waals surface area contributed by atoms with E-state index < -0.39 is 19.4 Å². The van der Waals surface area contributed by atoms with Crippen LogP contribution < -0.4 is 16.0 Å². The van der Waals surface area contributed by atoms with Crippen LogP contribution in [0.25, 0.3) is 0 Å². The predicted octanol–water partition coefficient (Wildman–Crippen LogP) is 5.48. The van der Waals surface area contributed by atoms with Crippen molar-refractivity contribution in [1.82, 2.24) is 16.0 Å². The Morgan fingerprint density at radius 1 is 0.868 bits per heavy atom. The number of rotatable bonds is 13. The van der Waals surface area contributed by atoms with Crippen LogP contribution in [0.5, 0.6) is 0 Å². The van der Waals surface area contributed by atoms with E-state index in [2.05, 4.69) is 16.0 Å². The van der Waals surface area contributed by atoms with Crippen LogP contribution in [0.1, 0.15) is 36.3 Å². The van der Waals surface area contributed by atoms with Gasteiger partial charge in [-0.25, -0.2) is 4.39 Å². The first-order chi connectivity index (χ1) is 18.3. The van der Waals surface area contributed by atoms with Crippen molar-refractivity contribution in [3.8, 4) is 0 Å². The fourth-order valence-electron chi connectivity index (χ4n) is 3.82. The average Bonchev–Trinajstić information content (AvgIpc) is 2.92. The molecule has 0 aliphatic carbocycles. The standard InChI is InChI=1S/C28H33FN3O4PS/c1-3-35-37(34,36-4-2)27(23-13-9-6-10-14-23)32-28(38)31-25(19-21-11-7-5-8-12-21)26(33)30-20-22-15-17-24(29)18-16-22/h5-18,25,27H,3-4,19-20H2,1-2H3,(H,30,33)(H2,31,32,38)/t25-,27?/m1/s1. The van der Waals surface area contributed by atoms with Crippen LogP contribution in [0, 0.1) is 5.82 Å². The topological polar surface area (TPSA) is 88.7 Å². The number of carbonyl (C=O) groups is 1. The van der Waals surface area contributed by atoms with Gasteiger partial charge in [0.2, 0.25) is 5.91 Å². The summed E-state index contributed by atoms with van der Waals surface area (Å²) in [6.07, 6.45) is 0.350. The molecule has 0 fully saturated rings. The maximum atomic E-state index is 13.7. The van der Waals surface area contributed by atoms with E-state index >= 15 is 0 Å². The zero-order chi connectivity index (χ0) is 27.4. The zero-order valence-corrected chi connectivity index (χ0v) is 23.1. The van der Waals surface area contributed by atoms with Crippen LogP contribution in [0.15, 0.2) is 84.9 Å². The summed E-state index contributed by atoms with van der Waals surface area (Å²) in [5.74, 6) is -1.52. The van der Waals surface area contributed by atoms with Gasteiger partial charge < -0.3 is 25.0 Å². The third-order valence-electron chi connectivity index (χ3n) is 5.60. The summed E-state index contributed by atoms with van der Waals surface area (Å²) in [6, 6.07) is 23.8. The van der Waals surface area contributed by atoms with Crippen molar-refractivity contribution in [3.05, 3.63) is 107 Å². The number of halogens is 1. The summed E-state index contributed by atoms with van der Waals surface area (Å²) in [6.45, 7) is 4.08. The van der Waals surface area contributed by atoms with Crippen molar-refractivity contribution < 1.29 is 22.8 Å². The Morgan fingerprint density at radius 2 is 1.45 bits per heavy atom. The smallest absolute Gasteiger partial charge is 0.351 e. The fourth-order valence-corrected chi connectivity index (χ4v) is 6.09. The first-order valence-corrected chi connectivity index (χ1v) is 14.4. The van der Waals surface area contributed by atoms with Crippen LogP contribution in [-0.2, 0) is 31.4 Å². The summed E-state index contributed by atoms with van der Waals surface area (Å²) in [4.78, 5) is 13.2. The molecule has 0 aliphatic rings. The van der Waals surface area contributed by atoms with Crippen molar-refractivity contribution in [3.63, 3.8) is 0 Å². The van der Waals surface area contributed by atoms with E-state index in [0.717, 1.165) is 11.1 Å². The minimum atomic E-state index is -3.67. The molecule has 3 N–H and O–H groups in total. The van der Waals surface area contributed by atoms with Gasteiger partial charge >= 0.3 is 7.60 Å². The average molecular weight is 558 g/mol. The highest BCUT2D eigenvalue weighted by Crippen LogP contribution is 2.59. The monoisotopic (exact) mass is 557 g/mol. The van der Waals surface area contributed by atoms with Gasteiger partial charge in [-0.15, -0.1) is 0 Å². The molecule has 0 aromatic heterocycles. The molecule has 10 heteroatoms. The summed E-state index contributed by atoms with van der Waals surface area (Å²) >= 11 is 5.59. The van der Waals surface area contributed by atoms with Crippen molar-refractivity contribution in [2.24, 2.45) is 0 Å².